The number of hydrogen-bond acceptors (Lipinski definition) is 10. The van der Waals surface area contributed by atoms with Gasteiger partial charge in [-0.05, 0) is 24.3 Å². The van der Waals surface area contributed by atoms with Crippen LogP contribution in [0.1, 0.15) is 37.8 Å². The molecule has 0 radical (unpaired) electrons. The molecule has 0 saturated heterocycles. The number of rotatable bonds is 11. The van der Waals surface area contributed by atoms with Gasteiger partial charge in [0.2, 0.25) is 0 Å². The lowest BCUT2D eigenvalue weighted by atomic mass is 9.86. The van der Waals surface area contributed by atoms with Crippen molar-refractivity contribution in [3.05, 3.63) is 58.8 Å². The molecule has 3 rings (SSSR count). The van der Waals surface area contributed by atoms with Crippen molar-refractivity contribution < 1.29 is 24.0 Å². The Bertz CT molecular complexity index is 1190. The molecule has 11 nitrogen and oxygen atoms in total. The zero-order valence-electron chi connectivity index (χ0n) is 22.3. The second-order valence-corrected chi connectivity index (χ2v) is 11.0. The number of hydrazine groups is 1. The largest absolute Gasteiger partial charge is 0.453 e. The zero-order chi connectivity index (χ0) is 27.9. The van der Waals surface area contributed by atoms with Crippen LogP contribution in [0.15, 0.2) is 46.3 Å². The maximum Gasteiger partial charge on any atom is 0.407 e. The van der Waals surface area contributed by atoms with E-state index in [1.165, 1.54) is 18.4 Å². The average molecular weight is 545 g/mol. The van der Waals surface area contributed by atoms with Crippen molar-refractivity contribution in [2.75, 3.05) is 13.7 Å². The third-order valence-corrected chi connectivity index (χ3v) is 6.73. The molecule has 1 aromatic carbocycles. The van der Waals surface area contributed by atoms with E-state index in [1.54, 1.807) is 18.0 Å². The highest BCUT2D eigenvalue weighted by molar-refractivity contribution is 7.13. The van der Waals surface area contributed by atoms with Gasteiger partial charge in [0, 0.05) is 24.0 Å². The number of ether oxygens (including phenoxy) is 1. The highest BCUT2D eigenvalue weighted by Gasteiger charge is 2.34. The summed E-state index contributed by atoms with van der Waals surface area (Å²) in [7, 11) is 1.24. The van der Waals surface area contributed by atoms with Gasteiger partial charge in [0.15, 0.2) is 0 Å². The molecule has 38 heavy (non-hydrogen) atoms. The number of benzene rings is 1. The maximum absolute atomic E-state index is 13.3. The first-order valence-electron chi connectivity index (χ1n) is 12.2. The maximum atomic E-state index is 13.3. The number of aliphatic hydroxyl groups excluding tert-OH is 1. The fourth-order valence-corrected chi connectivity index (χ4v) is 4.53. The number of aryl methyl sites for hydroxylation is 1. The zero-order valence-corrected chi connectivity index (χ0v) is 23.1. The van der Waals surface area contributed by atoms with Crippen LogP contribution in [-0.2, 0) is 22.5 Å². The molecule has 0 aliphatic rings. The van der Waals surface area contributed by atoms with Crippen molar-refractivity contribution in [2.24, 2.45) is 11.1 Å². The van der Waals surface area contributed by atoms with E-state index < -0.39 is 35.6 Å². The highest BCUT2D eigenvalue weighted by atomic mass is 32.1. The molecule has 2 unspecified atom stereocenters. The molecule has 0 aliphatic carbocycles. The molecular formula is C26H36N6O5S. The van der Waals surface area contributed by atoms with Crippen LogP contribution in [0.3, 0.4) is 0 Å². The summed E-state index contributed by atoms with van der Waals surface area (Å²) in [6.45, 7) is 7.50. The van der Waals surface area contributed by atoms with Crippen LogP contribution in [0.2, 0.25) is 0 Å². The van der Waals surface area contributed by atoms with Crippen molar-refractivity contribution in [2.45, 2.75) is 58.8 Å². The Morgan fingerprint density at radius 1 is 1.26 bits per heavy atom. The third kappa shape index (κ3) is 8.35. The minimum Gasteiger partial charge on any atom is -0.453 e. The van der Waals surface area contributed by atoms with E-state index in [4.69, 9.17) is 15.0 Å². The molecule has 3 aromatic rings. The van der Waals surface area contributed by atoms with Crippen molar-refractivity contribution in [1.29, 1.82) is 0 Å². The first kappa shape index (κ1) is 29.2. The van der Waals surface area contributed by atoms with Gasteiger partial charge in [-0.25, -0.2) is 14.8 Å². The van der Waals surface area contributed by atoms with E-state index in [9.17, 15) is 14.7 Å². The first-order chi connectivity index (χ1) is 18.0. The number of nitrogens with zero attached hydrogens (tertiary/aromatic N) is 3. The molecule has 0 spiro atoms. The smallest absolute Gasteiger partial charge is 0.407 e. The van der Waals surface area contributed by atoms with Crippen LogP contribution in [0.25, 0.3) is 10.7 Å². The minimum absolute atomic E-state index is 0.0325. The Labute approximate surface area is 226 Å². The molecule has 2 aromatic heterocycles. The van der Waals surface area contributed by atoms with E-state index in [2.05, 4.69) is 20.9 Å². The fourth-order valence-electron chi connectivity index (χ4n) is 3.77. The van der Waals surface area contributed by atoms with E-state index >= 15 is 0 Å². The van der Waals surface area contributed by atoms with Crippen molar-refractivity contribution in [3.8, 4) is 10.7 Å². The Kier molecular flexibility index (Phi) is 9.97. The second kappa shape index (κ2) is 13.0. The number of aliphatic hydroxyl groups is 1. The molecule has 12 heteroatoms. The Hall–Kier alpha value is -3.32. The quantitative estimate of drug-likeness (QED) is 0.267. The summed E-state index contributed by atoms with van der Waals surface area (Å²) >= 11 is 1.39. The second-order valence-electron chi connectivity index (χ2n) is 10.2. The Morgan fingerprint density at radius 3 is 2.58 bits per heavy atom. The van der Waals surface area contributed by atoms with Crippen LogP contribution >= 0.6 is 11.3 Å². The molecule has 5 N–H and O–H groups in total. The topological polar surface area (TPSA) is 156 Å². The fraction of sp³-hybridized carbons (Fsp3) is 0.462. The van der Waals surface area contributed by atoms with Gasteiger partial charge in [-0.3, -0.25) is 10.2 Å². The van der Waals surface area contributed by atoms with Crippen molar-refractivity contribution in [1.82, 2.24) is 25.9 Å². The van der Waals surface area contributed by atoms with E-state index in [-0.39, 0.29) is 13.1 Å². The number of amides is 2. The van der Waals surface area contributed by atoms with Crippen LogP contribution in [0, 0.1) is 12.3 Å². The summed E-state index contributed by atoms with van der Waals surface area (Å²) in [6, 6.07) is 9.95. The number of alkyl carbamates (subject to hydrolysis) is 1. The number of nitrogens with one attached hydrogen (secondary N) is 2. The molecule has 0 bridgehead atoms. The molecule has 2 amide bonds. The molecule has 0 fully saturated rings. The molecule has 0 saturated carbocycles. The summed E-state index contributed by atoms with van der Waals surface area (Å²) in [4.78, 5) is 29.9. The van der Waals surface area contributed by atoms with Gasteiger partial charge < -0.3 is 25.4 Å². The summed E-state index contributed by atoms with van der Waals surface area (Å²) in [5.74, 6) is 0.210. The number of aromatic nitrogens is 2. The van der Waals surface area contributed by atoms with Gasteiger partial charge in [0.25, 0.3) is 5.91 Å². The average Bonchev–Trinajstić information content (AvgIpc) is 3.50. The standard InChI is InChI=1S/C26H36N6O5S/c1-16-11-20(31-37-16)24-28-18(15-38-24)13-32(14-21(33)19(27)12-17-9-7-6-8-10-17)30-23(34)22(26(2,3)4)29-25(35)36-5/h6-11,15,19,21-22,33H,12-14,27H2,1-5H3,(H,29,35)(H,30,34)/t19?,21?,22-/m1/s1. The lowest BCUT2D eigenvalue weighted by Crippen LogP contribution is -2.58. The van der Waals surface area contributed by atoms with Crippen LogP contribution in [-0.4, -0.2) is 64.1 Å². The molecule has 2 heterocycles. The normalized spacial score (nSPS) is 14.1. The van der Waals surface area contributed by atoms with Crippen molar-refractivity contribution in [3.63, 3.8) is 0 Å². The summed E-state index contributed by atoms with van der Waals surface area (Å²) < 4.78 is 9.85. The van der Waals surface area contributed by atoms with Crippen LogP contribution in [0.5, 0.6) is 0 Å². The number of carbonyl (C=O) groups is 2. The van der Waals surface area contributed by atoms with Crippen LogP contribution < -0.4 is 16.5 Å². The number of methoxy groups -OCH3 is 1. The van der Waals surface area contributed by atoms with Gasteiger partial charge in [-0.15, -0.1) is 11.3 Å². The van der Waals surface area contributed by atoms with Gasteiger partial charge in [-0.1, -0.05) is 56.3 Å². The number of carbonyl (C=O) groups excluding carboxylic acids is 2. The third-order valence-electron chi connectivity index (χ3n) is 5.81. The predicted molar refractivity (Wildman–Crippen MR) is 144 cm³/mol. The number of hydrogen-bond donors (Lipinski definition) is 4. The van der Waals surface area contributed by atoms with E-state index in [1.807, 2.05) is 56.5 Å². The lowest BCUT2D eigenvalue weighted by Gasteiger charge is -2.33. The monoisotopic (exact) mass is 544 g/mol. The van der Waals surface area contributed by atoms with Crippen molar-refractivity contribution >= 4 is 23.3 Å². The molecular weight excluding hydrogens is 508 g/mol. The van der Waals surface area contributed by atoms with E-state index in [0.717, 1.165) is 5.56 Å². The summed E-state index contributed by atoms with van der Waals surface area (Å²) in [5, 5.41) is 21.6. The predicted octanol–water partition coefficient (Wildman–Crippen LogP) is 2.64. The van der Waals surface area contributed by atoms with Gasteiger partial charge in [0.05, 0.1) is 25.5 Å². The van der Waals surface area contributed by atoms with Gasteiger partial charge in [0.1, 0.15) is 22.5 Å². The number of thiazole rings is 1. The number of nitrogens with two attached hydrogens (primary N) is 1. The molecule has 0 aliphatic heterocycles. The SMILES string of the molecule is COC(=O)N[C@H](C(=O)NN(Cc1csc(-c2cc(C)on2)n1)CC(O)C(N)Cc1ccccc1)C(C)(C)C. The van der Waals surface area contributed by atoms with Gasteiger partial charge in [-0.2, -0.15) is 0 Å². The Balaban J connectivity index is 1.78. The van der Waals surface area contributed by atoms with Crippen LogP contribution in [0.4, 0.5) is 4.79 Å². The summed E-state index contributed by atoms with van der Waals surface area (Å²) in [5.41, 5.74) is 10.8. The summed E-state index contributed by atoms with van der Waals surface area (Å²) in [6.07, 6.45) is -1.22. The van der Waals surface area contributed by atoms with E-state index in [0.29, 0.717) is 28.6 Å². The minimum atomic E-state index is -0.964. The van der Waals surface area contributed by atoms with Gasteiger partial charge >= 0.3 is 6.09 Å². The molecule has 3 atom stereocenters. The lowest BCUT2D eigenvalue weighted by molar-refractivity contribution is -0.131. The highest BCUT2D eigenvalue weighted by Crippen LogP contribution is 2.24. The Morgan fingerprint density at radius 2 is 1.97 bits per heavy atom. The molecule has 206 valence electrons. The first-order valence-corrected chi connectivity index (χ1v) is 13.1.